The van der Waals surface area contributed by atoms with Gasteiger partial charge in [-0.25, -0.2) is 0 Å². The highest BCUT2D eigenvalue weighted by atomic mass is 16.6. The summed E-state index contributed by atoms with van der Waals surface area (Å²) in [6, 6.07) is 8.12. The monoisotopic (exact) mass is 605 g/mol. The van der Waals surface area contributed by atoms with Crippen LogP contribution in [0.25, 0.3) is 0 Å². The molecule has 12 nitrogen and oxygen atoms in total. The first kappa shape index (κ1) is 35.2. The lowest BCUT2D eigenvalue weighted by Gasteiger charge is -2.37. The zero-order valence-corrected chi connectivity index (χ0v) is 25.1. The van der Waals surface area contributed by atoms with Crippen LogP contribution in [0.5, 0.6) is 5.75 Å². The molecule has 0 spiro atoms. The van der Waals surface area contributed by atoms with E-state index in [1.807, 2.05) is 18.2 Å². The number of Topliss-reactive ketones (excluding diaryl/α,β-unsaturated/α-hetero) is 1. The molecule has 1 amide bonds. The average molecular weight is 606 g/mol. The molecule has 1 aromatic carbocycles. The third kappa shape index (κ3) is 11.0. The summed E-state index contributed by atoms with van der Waals surface area (Å²) in [5.41, 5.74) is 0. The lowest BCUT2D eigenvalue weighted by Crippen LogP contribution is -2.51. The highest BCUT2D eigenvalue weighted by molar-refractivity contribution is 5.94. The molecule has 43 heavy (non-hydrogen) atoms. The molecule has 1 aromatic rings. The van der Waals surface area contributed by atoms with Gasteiger partial charge in [0, 0.05) is 24.9 Å². The van der Waals surface area contributed by atoms with Gasteiger partial charge in [0.1, 0.15) is 31.2 Å². The number of aliphatic carboxylic acids is 2. The van der Waals surface area contributed by atoms with E-state index in [4.69, 9.17) is 14.2 Å². The minimum absolute atomic E-state index is 0.00278. The number of rotatable bonds is 20. The molecule has 5 atom stereocenters. The number of para-hydroxylation sites is 1. The maximum atomic E-state index is 12.8. The summed E-state index contributed by atoms with van der Waals surface area (Å²) in [5.74, 6) is -8.93. The zero-order chi connectivity index (χ0) is 31.9. The van der Waals surface area contributed by atoms with Crippen LogP contribution in [-0.4, -0.2) is 83.1 Å². The number of carbonyl (C=O) groups excluding carboxylic acids is 4. The molecule has 1 heterocycles. The molecule has 2 N–H and O–H groups in total. The van der Waals surface area contributed by atoms with Gasteiger partial charge in [-0.15, -0.1) is 0 Å². The summed E-state index contributed by atoms with van der Waals surface area (Å²) in [4.78, 5) is 75.7. The molecule has 0 aliphatic carbocycles. The molecule has 1 aliphatic heterocycles. The molecule has 0 saturated carbocycles. The van der Waals surface area contributed by atoms with Crippen LogP contribution in [0.2, 0.25) is 0 Å². The van der Waals surface area contributed by atoms with Crippen LogP contribution in [0.4, 0.5) is 0 Å². The van der Waals surface area contributed by atoms with Crippen molar-refractivity contribution in [1.82, 2.24) is 4.90 Å². The summed E-state index contributed by atoms with van der Waals surface area (Å²) in [6.07, 6.45) is 1.02. The van der Waals surface area contributed by atoms with E-state index in [1.54, 1.807) is 26.0 Å². The van der Waals surface area contributed by atoms with Crippen molar-refractivity contribution in [2.24, 2.45) is 23.7 Å². The fourth-order valence-electron chi connectivity index (χ4n) is 5.55. The van der Waals surface area contributed by atoms with Gasteiger partial charge < -0.3 is 29.3 Å². The van der Waals surface area contributed by atoms with Crippen LogP contribution in [0.3, 0.4) is 0 Å². The quantitative estimate of drug-likeness (QED) is 0.127. The number of carboxylic acid groups (broad SMARTS) is 2. The standard InChI is InChI=1S/C31H43NO11/c1-4-21(31(40)42-17-16-41-23-10-7-6-8-11-23)13-14-22(19-43-26(35)18-20(3)33)27(29(36)37)28(30(38)39)24(5-2)32-15-9-12-25(32)34/h6-8,10-11,21-22,24,27-28H,4-5,9,12-19H2,1-3H3,(H,36,37)(H,38,39). The van der Waals surface area contributed by atoms with E-state index >= 15 is 0 Å². The van der Waals surface area contributed by atoms with Crippen LogP contribution in [-0.2, 0) is 38.2 Å². The van der Waals surface area contributed by atoms with Gasteiger partial charge in [0.2, 0.25) is 5.91 Å². The molecule has 5 unspecified atom stereocenters. The predicted octanol–water partition coefficient (Wildman–Crippen LogP) is 3.36. The molecule has 238 valence electrons. The molecule has 1 saturated heterocycles. The van der Waals surface area contributed by atoms with Crippen molar-refractivity contribution in [3.8, 4) is 5.75 Å². The third-order valence-electron chi connectivity index (χ3n) is 7.71. The van der Waals surface area contributed by atoms with Crippen molar-refractivity contribution in [2.45, 2.75) is 71.8 Å². The Morgan fingerprint density at radius 2 is 1.58 bits per heavy atom. The first-order valence-electron chi connectivity index (χ1n) is 14.7. The Balaban J connectivity index is 2.22. The Morgan fingerprint density at radius 3 is 2.12 bits per heavy atom. The number of hydrogen-bond donors (Lipinski definition) is 2. The number of carboxylic acids is 2. The molecule has 0 bridgehead atoms. The highest BCUT2D eigenvalue weighted by Gasteiger charge is 2.47. The summed E-state index contributed by atoms with van der Waals surface area (Å²) < 4.78 is 16.2. The minimum atomic E-state index is -1.55. The second kappa shape index (κ2) is 17.9. The first-order chi connectivity index (χ1) is 20.5. The molecule has 0 aromatic heterocycles. The summed E-state index contributed by atoms with van der Waals surface area (Å²) in [6.45, 7) is 4.66. The van der Waals surface area contributed by atoms with Gasteiger partial charge in [-0.2, -0.15) is 0 Å². The van der Waals surface area contributed by atoms with Crippen molar-refractivity contribution in [3.05, 3.63) is 30.3 Å². The molecule has 2 rings (SSSR count). The number of carbonyl (C=O) groups is 6. The third-order valence-corrected chi connectivity index (χ3v) is 7.71. The van der Waals surface area contributed by atoms with E-state index < -0.39 is 72.4 Å². The number of ether oxygens (including phenoxy) is 3. The normalized spacial score (nSPS) is 16.4. The Morgan fingerprint density at radius 1 is 0.907 bits per heavy atom. The minimum Gasteiger partial charge on any atom is -0.490 e. The lowest BCUT2D eigenvalue weighted by molar-refractivity contribution is -0.164. The van der Waals surface area contributed by atoms with Crippen molar-refractivity contribution in [2.75, 3.05) is 26.4 Å². The average Bonchev–Trinajstić information content (AvgIpc) is 3.38. The number of amides is 1. The molecular weight excluding hydrogens is 562 g/mol. The fraction of sp³-hybridized carbons (Fsp3) is 0.613. The molecule has 12 heteroatoms. The van der Waals surface area contributed by atoms with Crippen LogP contribution in [0.1, 0.15) is 65.7 Å². The maximum absolute atomic E-state index is 12.8. The van der Waals surface area contributed by atoms with Crippen molar-refractivity contribution >= 4 is 35.6 Å². The maximum Gasteiger partial charge on any atom is 0.313 e. The van der Waals surface area contributed by atoms with Crippen LogP contribution >= 0.6 is 0 Å². The van der Waals surface area contributed by atoms with E-state index in [9.17, 15) is 39.0 Å². The van der Waals surface area contributed by atoms with Gasteiger partial charge in [0.05, 0.1) is 24.4 Å². The van der Waals surface area contributed by atoms with Crippen molar-refractivity contribution in [1.29, 1.82) is 0 Å². The molecule has 1 fully saturated rings. The van der Waals surface area contributed by atoms with E-state index in [0.29, 0.717) is 25.1 Å². The van der Waals surface area contributed by atoms with Crippen LogP contribution in [0, 0.1) is 23.7 Å². The van der Waals surface area contributed by atoms with Crippen LogP contribution < -0.4 is 4.74 Å². The Hall–Kier alpha value is -3.96. The topological polar surface area (TPSA) is 174 Å². The largest absolute Gasteiger partial charge is 0.490 e. The number of hydrogen-bond acceptors (Lipinski definition) is 9. The van der Waals surface area contributed by atoms with Crippen molar-refractivity contribution in [3.63, 3.8) is 0 Å². The zero-order valence-electron chi connectivity index (χ0n) is 25.1. The Kier molecular flexibility index (Phi) is 14.6. The summed E-state index contributed by atoms with van der Waals surface area (Å²) in [7, 11) is 0. The lowest BCUT2D eigenvalue weighted by atomic mass is 9.74. The van der Waals surface area contributed by atoms with E-state index in [0.717, 1.165) is 0 Å². The summed E-state index contributed by atoms with van der Waals surface area (Å²) >= 11 is 0. The number of likely N-dealkylation sites (tertiary alicyclic amines) is 1. The smallest absolute Gasteiger partial charge is 0.313 e. The van der Waals surface area contributed by atoms with E-state index in [1.165, 1.54) is 11.8 Å². The van der Waals surface area contributed by atoms with Crippen molar-refractivity contribution < 1.29 is 53.2 Å². The van der Waals surface area contributed by atoms with Gasteiger partial charge in [-0.1, -0.05) is 32.0 Å². The second-order valence-corrected chi connectivity index (χ2v) is 10.7. The highest BCUT2D eigenvalue weighted by Crippen LogP contribution is 2.35. The Labute approximate surface area is 251 Å². The van der Waals surface area contributed by atoms with Gasteiger partial charge in [-0.3, -0.25) is 28.8 Å². The predicted molar refractivity (Wildman–Crippen MR) is 153 cm³/mol. The van der Waals surface area contributed by atoms with Gasteiger partial charge in [-0.05, 0) is 51.2 Å². The van der Waals surface area contributed by atoms with Gasteiger partial charge in [0.25, 0.3) is 0 Å². The molecular formula is C31H43NO11. The second-order valence-electron chi connectivity index (χ2n) is 10.7. The number of nitrogens with zero attached hydrogens (tertiary/aromatic N) is 1. The van der Waals surface area contributed by atoms with Crippen LogP contribution in [0.15, 0.2) is 30.3 Å². The Bertz CT molecular complexity index is 1110. The first-order valence-corrected chi connectivity index (χ1v) is 14.7. The SMILES string of the molecule is CCC(CCC(COC(=O)CC(C)=O)C(C(=O)O)C(C(=O)O)C(CC)N1CCCC1=O)C(=O)OCCOc1ccccc1. The fourth-order valence-corrected chi connectivity index (χ4v) is 5.55. The van der Waals surface area contributed by atoms with E-state index in [-0.39, 0.29) is 44.8 Å². The van der Waals surface area contributed by atoms with Gasteiger partial charge in [0.15, 0.2) is 0 Å². The number of ketones is 1. The molecule has 0 radical (unpaired) electrons. The van der Waals surface area contributed by atoms with Gasteiger partial charge >= 0.3 is 23.9 Å². The van der Waals surface area contributed by atoms with E-state index in [2.05, 4.69) is 0 Å². The number of esters is 2. The number of benzene rings is 1. The molecule has 1 aliphatic rings. The summed E-state index contributed by atoms with van der Waals surface area (Å²) in [5, 5.41) is 20.6.